The van der Waals surface area contributed by atoms with Gasteiger partial charge < -0.3 is 5.43 Å². The molecule has 1 aromatic carbocycles. The molecule has 2 heterocycles. The van der Waals surface area contributed by atoms with Gasteiger partial charge >= 0.3 is 0 Å². The average molecular weight is 369 g/mol. The molecule has 2 aromatic rings. The second-order valence-corrected chi connectivity index (χ2v) is 7.51. The number of benzene rings is 1. The fraction of sp³-hybridized carbons (Fsp3) is 0.154. The summed E-state index contributed by atoms with van der Waals surface area (Å²) in [5.74, 6) is 5.50. The number of pyridine rings is 1. The first-order chi connectivity index (χ1) is 10.0. The van der Waals surface area contributed by atoms with Crippen molar-refractivity contribution in [3.8, 4) is 0 Å². The van der Waals surface area contributed by atoms with E-state index in [4.69, 9.17) is 5.84 Å². The average Bonchev–Trinajstić information content (AvgIpc) is 2.92. The third kappa shape index (κ3) is 2.55. The molecule has 3 N–H and O–H groups in total. The molecule has 0 bridgehead atoms. The molecule has 1 aliphatic rings. The van der Waals surface area contributed by atoms with Crippen LogP contribution in [0.2, 0.25) is 0 Å². The number of nitrogens with one attached hydrogen (secondary N) is 1. The second kappa shape index (κ2) is 5.38. The van der Waals surface area contributed by atoms with Gasteiger partial charge in [0.15, 0.2) is 5.82 Å². The van der Waals surface area contributed by atoms with Crippen LogP contribution < -0.4 is 11.3 Å². The lowest BCUT2D eigenvalue weighted by molar-refractivity contribution is 0.431. The van der Waals surface area contributed by atoms with E-state index in [1.165, 1.54) is 16.6 Å². The Bertz CT molecular complexity index is 770. The van der Waals surface area contributed by atoms with Crippen LogP contribution in [0.5, 0.6) is 0 Å². The van der Waals surface area contributed by atoms with E-state index in [0.717, 1.165) is 11.1 Å². The van der Waals surface area contributed by atoms with Crippen molar-refractivity contribution in [3.05, 3.63) is 52.1 Å². The number of sulfonamides is 1. The highest BCUT2D eigenvalue weighted by molar-refractivity contribution is 9.10. The Morgan fingerprint density at radius 1 is 1.24 bits per heavy atom. The molecule has 21 heavy (non-hydrogen) atoms. The number of nitrogen functional groups attached to an aromatic ring is 1. The second-order valence-electron chi connectivity index (χ2n) is 4.69. The van der Waals surface area contributed by atoms with Gasteiger partial charge in [0.1, 0.15) is 4.90 Å². The van der Waals surface area contributed by atoms with E-state index in [1.54, 1.807) is 0 Å². The number of nitrogens with two attached hydrogens (primary N) is 1. The highest BCUT2D eigenvalue weighted by Gasteiger charge is 2.32. The summed E-state index contributed by atoms with van der Waals surface area (Å²) in [5.41, 5.74) is 4.38. The van der Waals surface area contributed by atoms with E-state index >= 15 is 0 Å². The van der Waals surface area contributed by atoms with E-state index in [1.807, 2.05) is 24.3 Å². The van der Waals surface area contributed by atoms with Gasteiger partial charge in [-0.1, -0.05) is 24.3 Å². The summed E-state index contributed by atoms with van der Waals surface area (Å²) in [6, 6.07) is 9.18. The van der Waals surface area contributed by atoms with Gasteiger partial charge in [-0.15, -0.1) is 0 Å². The fourth-order valence-corrected chi connectivity index (χ4v) is 4.35. The molecule has 0 saturated carbocycles. The van der Waals surface area contributed by atoms with Crippen LogP contribution in [0.3, 0.4) is 0 Å². The number of rotatable bonds is 3. The van der Waals surface area contributed by atoms with Crippen molar-refractivity contribution < 1.29 is 8.42 Å². The predicted molar refractivity (Wildman–Crippen MR) is 82.6 cm³/mol. The molecule has 6 nitrogen and oxygen atoms in total. The number of hydrazine groups is 1. The lowest BCUT2D eigenvalue weighted by atomic mass is 10.1. The van der Waals surface area contributed by atoms with Crippen LogP contribution in [0.15, 0.2) is 45.9 Å². The predicted octanol–water partition coefficient (Wildman–Crippen LogP) is 1.83. The van der Waals surface area contributed by atoms with Gasteiger partial charge in [-0.2, -0.15) is 4.31 Å². The number of hydrogen-bond donors (Lipinski definition) is 2. The Morgan fingerprint density at radius 2 is 1.86 bits per heavy atom. The van der Waals surface area contributed by atoms with Crippen molar-refractivity contribution in [1.82, 2.24) is 9.29 Å². The maximum absolute atomic E-state index is 12.8. The normalized spacial score (nSPS) is 15.0. The first-order valence-corrected chi connectivity index (χ1v) is 8.45. The van der Waals surface area contributed by atoms with Crippen molar-refractivity contribution in [3.63, 3.8) is 0 Å². The zero-order valence-corrected chi connectivity index (χ0v) is 13.4. The summed E-state index contributed by atoms with van der Waals surface area (Å²) in [4.78, 5) is 4.06. The molecular formula is C13H13BrN4O2S. The number of hydrogen-bond acceptors (Lipinski definition) is 5. The Morgan fingerprint density at radius 3 is 2.43 bits per heavy atom. The Labute approximate surface area is 131 Å². The molecular weight excluding hydrogens is 356 g/mol. The summed E-state index contributed by atoms with van der Waals surface area (Å²) in [7, 11) is -3.67. The molecule has 0 fully saturated rings. The molecule has 0 unspecified atom stereocenters. The lowest BCUT2D eigenvalue weighted by Crippen LogP contribution is -2.27. The summed E-state index contributed by atoms with van der Waals surface area (Å²) in [5, 5.41) is 0. The maximum Gasteiger partial charge on any atom is 0.247 e. The molecule has 0 radical (unpaired) electrons. The monoisotopic (exact) mass is 368 g/mol. The van der Waals surface area contributed by atoms with Crippen molar-refractivity contribution in [2.75, 3.05) is 5.43 Å². The van der Waals surface area contributed by atoms with Crippen LogP contribution in [0.4, 0.5) is 5.82 Å². The van der Waals surface area contributed by atoms with E-state index in [-0.39, 0.29) is 10.7 Å². The summed E-state index contributed by atoms with van der Waals surface area (Å²) < 4.78 is 27.6. The molecule has 0 atom stereocenters. The minimum absolute atomic E-state index is 0.0622. The van der Waals surface area contributed by atoms with Gasteiger partial charge in [0.2, 0.25) is 10.0 Å². The van der Waals surface area contributed by atoms with E-state index in [9.17, 15) is 8.42 Å². The minimum Gasteiger partial charge on any atom is -0.307 e. The molecule has 110 valence electrons. The maximum atomic E-state index is 12.8. The standard InChI is InChI=1S/C13H13BrN4O2S/c14-11-5-12(13(17-15)16-6-11)21(19,20)18-7-9-3-1-2-4-10(9)8-18/h1-6H,7-8,15H2,(H,16,17). The summed E-state index contributed by atoms with van der Waals surface area (Å²) >= 11 is 3.24. The van der Waals surface area contributed by atoms with Gasteiger partial charge in [-0.3, -0.25) is 0 Å². The van der Waals surface area contributed by atoms with Crippen LogP contribution in [-0.2, 0) is 23.1 Å². The molecule has 0 aliphatic carbocycles. The Hall–Kier alpha value is -1.48. The van der Waals surface area contributed by atoms with Gasteiger partial charge in [-0.05, 0) is 33.1 Å². The zero-order chi connectivity index (χ0) is 15.0. The molecule has 0 saturated heterocycles. The van der Waals surface area contributed by atoms with Crippen molar-refractivity contribution >= 4 is 31.8 Å². The largest absolute Gasteiger partial charge is 0.307 e. The molecule has 0 amide bonds. The minimum atomic E-state index is -3.67. The van der Waals surface area contributed by atoms with Crippen molar-refractivity contribution in [2.24, 2.45) is 5.84 Å². The molecule has 0 spiro atoms. The first-order valence-electron chi connectivity index (χ1n) is 6.21. The third-order valence-corrected chi connectivity index (χ3v) is 5.62. The highest BCUT2D eigenvalue weighted by atomic mass is 79.9. The number of halogens is 1. The lowest BCUT2D eigenvalue weighted by Gasteiger charge is -2.17. The molecule has 8 heteroatoms. The van der Waals surface area contributed by atoms with Crippen LogP contribution >= 0.6 is 15.9 Å². The number of anilines is 1. The third-order valence-electron chi connectivity index (χ3n) is 3.39. The van der Waals surface area contributed by atoms with E-state index in [0.29, 0.717) is 17.6 Å². The van der Waals surface area contributed by atoms with Crippen LogP contribution in [-0.4, -0.2) is 17.7 Å². The first kappa shape index (κ1) is 14.5. The van der Waals surface area contributed by atoms with Crippen molar-refractivity contribution in [2.45, 2.75) is 18.0 Å². The Kier molecular flexibility index (Phi) is 3.70. The van der Waals surface area contributed by atoms with Crippen LogP contribution in [0.1, 0.15) is 11.1 Å². The SMILES string of the molecule is NNc1ncc(Br)cc1S(=O)(=O)N1Cc2ccccc2C1. The smallest absolute Gasteiger partial charge is 0.247 e. The highest BCUT2D eigenvalue weighted by Crippen LogP contribution is 2.31. The molecule has 3 rings (SSSR count). The Balaban J connectivity index is 2.02. The quantitative estimate of drug-likeness (QED) is 0.637. The topological polar surface area (TPSA) is 88.3 Å². The zero-order valence-electron chi connectivity index (χ0n) is 11.0. The van der Waals surface area contributed by atoms with E-state index in [2.05, 4.69) is 26.3 Å². The van der Waals surface area contributed by atoms with Crippen LogP contribution in [0, 0.1) is 0 Å². The molecule has 1 aromatic heterocycles. The number of nitrogens with zero attached hydrogens (tertiary/aromatic N) is 2. The van der Waals surface area contributed by atoms with Crippen molar-refractivity contribution in [1.29, 1.82) is 0 Å². The molecule has 1 aliphatic heterocycles. The van der Waals surface area contributed by atoms with Gasteiger partial charge in [0, 0.05) is 23.8 Å². The fourth-order valence-electron chi connectivity index (χ4n) is 2.34. The summed E-state index contributed by atoms with van der Waals surface area (Å²) in [6.45, 7) is 0.712. The van der Waals surface area contributed by atoms with Gasteiger partial charge in [-0.25, -0.2) is 19.2 Å². The van der Waals surface area contributed by atoms with Gasteiger partial charge in [0.25, 0.3) is 0 Å². The van der Waals surface area contributed by atoms with Crippen LogP contribution in [0.25, 0.3) is 0 Å². The summed E-state index contributed by atoms with van der Waals surface area (Å²) in [6.07, 6.45) is 1.49. The van der Waals surface area contributed by atoms with E-state index < -0.39 is 10.0 Å². The van der Waals surface area contributed by atoms with Gasteiger partial charge in [0.05, 0.1) is 0 Å². The number of fused-ring (bicyclic) bond motifs is 1. The number of aromatic nitrogens is 1.